The van der Waals surface area contributed by atoms with E-state index in [4.69, 9.17) is 4.74 Å². The summed E-state index contributed by atoms with van der Waals surface area (Å²) in [5.74, 6) is 0.444. The van der Waals surface area contributed by atoms with Crippen molar-refractivity contribution in [1.82, 2.24) is 5.32 Å². The molecule has 1 amide bonds. The van der Waals surface area contributed by atoms with Gasteiger partial charge in [0.25, 0.3) is 0 Å². The van der Waals surface area contributed by atoms with Gasteiger partial charge < -0.3 is 10.1 Å². The summed E-state index contributed by atoms with van der Waals surface area (Å²) < 4.78 is 31.4. The largest absolute Gasteiger partial charge is 0.497 e. The first-order chi connectivity index (χ1) is 12.1. The first kappa shape index (κ1) is 20.5. The number of methoxy groups -OCH3 is 1. The number of benzene rings is 1. The van der Waals surface area contributed by atoms with E-state index < -0.39 is 15.1 Å². The molecule has 0 aliphatic rings. The molecule has 0 fully saturated rings. The third kappa shape index (κ3) is 5.32. The molecule has 0 aliphatic carbocycles. The maximum absolute atomic E-state index is 13.1. The second kappa shape index (κ2) is 8.22. The van der Waals surface area contributed by atoms with E-state index in [2.05, 4.69) is 5.32 Å². The Labute approximate surface area is 159 Å². The molecule has 0 saturated carbocycles. The average Bonchev–Trinajstić information content (AvgIpc) is 3.07. The van der Waals surface area contributed by atoms with Crippen molar-refractivity contribution in [3.05, 3.63) is 46.7 Å². The molecule has 26 heavy (non-hydrogen) atoms. The number of nitrogens with one attached hydrogen (secondary N) is 1. The van der Waals surface area contributed by atoms with Crippen LogP contribution in [0.1, 0.15) is 37.3 Å². The predicted molar refractivity (Wildman–Crippen MR) is 104 cm³/mol. The van der Waals surface area contributed by atoms with Gasteiger partial charge in [-0.25, -0.2) is 8.42 Å². The van der Waals surface area contributed by atoms with Crippen LogP contribution in [0.25, 0.3) is 0 Å². The van der Waals surface area contributed by atoms with Crippen molar-refractivity contribution in [3.8, 4) is 5.75 Å². The van der Waals surface area contributed by atoms with Gasteiger partial charge in [0.2, 0.25) is 5.91 Å². The zero-order chi connectivity index (χ0) is 19.4. The van der Waals surface area contributed by atoms with E-state index in [0.29, 0.717) is 17.0 Å². The predicted octanol–water partition coefficient (Wildman–Crippen LogP) is 3.82. The summed E-state index contributed by atoms with van der Waals surface area (Å²) >= 11 is 1.37. The fraction of sp³-hybridized carbons (Fsp3) is 0.421. The van der Waals surface area contributed by atoms with Gasteiger partial charge in [-0.3, -0.25) is 4.79 Å². The molecule has 0 saturated heterocycles. The zero-order valence-corrected chi connectivity index (χ0v) is 17.1. The van der Waals surface area contributed by atoms with Crippen molar-refractivity contribution in [2.75, 3.05) is 13.7 Å². The molecule has 0 aliphatic heterocycles. The van der Waals surface area contributed by atoms with Crippen molar-refractivity contribution >= 4 is 27.1 Å². The summed E-state index contributed by atoms with van der Waals surface area (Å²) in [4.78, 5) is 13.1. The number of hydrogen-bond acceptors (Lipinski definition) is 5. The minimum Gasteiger partial charge on any atom is -0.497 e. The van der Waals surface area contributed by atoms with E-state index in [1.165, 1.54) is 30.6 Å². The zero-order valence-electron chi connectivity index (χ0n) is 15.5. The van der Waals surface area contributed by atoms with Crippen LogP contribution >= 0.6 is 11.3 Å². The fourth-order valence-corrected chi connectivity index (χ4v) is 5.30. The van der Waals surface area contributed by atoms with Gasteiger partial charge >= 0.3 is 0 Å². The molecule has 0 bridgehead atoms. The topological polar surface area (TPSA) is 72.5 Å². The number of amides is 1. The Morgan fingerprint density at radius 1 is 1.19 bits per heavy atom. The summed E-state index contributed by atoms with van der Waals surface area (Å²) in [5.41, 5.74) is -0.155. The van der Waals surface area contributed by atoms with E-state index in [-0.39, 0.29) is 22.8 Å². The summed E-state index contributed by atoms with van der Waals surface area (Å²) in [6.07, 6.45) is 0.340. The summed E-state index contributed by atoms with van der Waals surface area (Å²) in [5, 5.41) is 3.81. The lowest BCUT2D eigenvalue weighted by atomic mass is 9.92. The Morgan fingerprint density at radius 3 is 2.35 bits per heavy atom. The van der Waals surface area contributed by atoms with Gasteiger partial charge in [0.05, 0.1) is 12.0 Å². The highest BCUT2D eigenvalue weighted by Crippen LogP contribution is 2.32. The quantitative estimate of drug-likeness (QED) is 0.773. The van der Waals surface area contributed by atoms with Crippen LogP contribution in [0.4, 0.5) is 0 Å². The van der Waals surface area contributed by atoms with Crippen molar-refractivity contribution in [3.63, 3.8) is 0 Å². The van der Waals surface area contributed by atoms with Crippen LogP contribution in [0.5, 0.6) is 5.75 Å². The van der Waals surface area contributed by atoms with Gasteiger partial charge in [-0.05, 0) is 41.1 Å². The Hall–Kier alpha value is -1.86. The molecule has 7 heteroatoms. The second-order valence-electron chi connectivity index (χ2n) is 7.27. The molecule has 5 nitrogen and oxygen atoms in total. The Kier molecular flexibility index (Phi) is 6.47. The van der Waals surface area contributed by atoms with Gasteiger partial charge in [0, 0.05) is 17.8 Å². The number of carbonyl (C=O) groups is 1. The van der Waals surface area contributed by atoms with Crippen LogP contribution in [0.15, 0.2) is 46.7 Å². The molecular weight excluding hydrogens is 370 g/mol. The summed E-state index contributed by atoms with van der Waals surface area (Å²) in [7, 11) is -2.12. The molecule has 1 heterocycles. The van der Waals surface area contributed by atoms with Gasteiger partial charge in [-0.15, -0.1) is 11.3 Å². The normalized spacial score (nSPS) is 13.2. The number of ether oxygens (including phenoxy) is 1. The number of rotatable bonds is 7. The molecular formula is C19H25NO4S2. The lowest BCUT2D eigenvalue weighted by molar-refractivity contribution is -0.122. The number of hydrogen-bond donors (Lipinski definition) is 1. The number of carbonyl (C=O) groups excluding carboxylic acids is 1. The highest BCUT2D eigenvalue weighted by molar-refractivity contribution is 7.91. The minimum atomic E-state index is -3.65. The molecule has 142 valence electrons. The Morgan fingerprint density at radius 2 is 1.85 bits per heavy atom. The van der Waals surface area contributed by atoms with E-state index >= 15 is 0 Å². The maximum atomic E-state index is 13.1. The van der Waals surface area contributed by atoms with Crippen LogP contribution < -0.4 is 10.1 Å². The van der Waals surface area contributed by atoms with Crippen LogP contribution in [0.3, 0.4) is 0 Å². The highest BCUT2D eigenvalue weighted by atomic mass is 32.2. The Bertz CT molecular complexity index is 819. The van der Waals surface area contributed by atoms with Gasteiger partial charge in [0.15, 0.2) is 9.84 Å². The Balaban J connectivity index is 2.25. The third-order valence-corrected chi connectivity index (χ3v) is 7.03. The molecule has 0 radical (unpaired) electrons. The van der Waals surface area contributed by atoms with Crippen LogP contribution in [-0.2, 0) is 14.6 Å². The molecule has 1 aromatic carbocycles. The smallest absolute Gasteiger partial charge is 0.220 e. The molecule has 2 aromatic rings. The van der Waals surface area contributed by atoms with Gasteiger partial charge in [-0.2, -0.15) is 0 Å². The van der Waals surface area contributed by atoms with Crippen LogP contribution in [0, 0.1) is 5.41 Å². The number of sulfone groups is 1. The van der Waals surface area contributed by atoms with Crippen molar-refractivity contribution < 1.29 is 17.9 Å². The molecule has 0 spiro atoms. The van der Waals surface area contributed by atoms with E-state index in [0.717, 1.165) is 0 Å². The third-order valence-electron chi connectivity index (χ3n) is 3.80. The van der Waals surface area contributed by atoms with E-state index in [1.54, 1.807) is 18.2 Å². The maximum Gasteiger partial charge on any atom is 0.220 e. The second-order valence-corrected chi connectivity index (χ2v) is 10.4. The number of thiophene rings is 1. The van der Waals surface area contributed by atoms with E-state index in [1.807, 2.05) is 32.2 Å². The minimum absolute atomic E-state index is 0.0454. The van der Waals surface area contributed by atoms with Crippen LogP contribution in [0.2, 0.25) is 0 Å². The van der Waals surface area contributed by atoms with Crippen molar-refractivity contribution in [2.24, 2.45) is 5.41 Å². The van der Waals surface area contributed by atoms with Crippen LogP contribution in [-0.4, -0.2) is 28.0 Å². The average molecular weight is 396 g/mol. The molecule has 1 unspecified atom stereocenters. The van der Waals surface area contributed by atoms with E-state index in [9.17, 15) is 13.2 Å². The summed E-state index contributed by atoms with van der Waals surface area (Å²) in [6.45, 7) is 5.95. The first-order valence-corrected chi connectivity index (χ1v) is 10.7. The lowest BCUT2D eigenvalue weighted by Crippen LogP contribution is -2.33. The first-order valence-electron chi connectivity index (χ1n) is 8.31. The summed E-state index contributed by atoms with van der Waals surface area (Å²) in [6, 6.07) is 9.91. The standard InChI is InChI=1S/C19H25NO4S2/c1-19(2,3)12-18(21)20-13-17(16-6-5-11-25-16)26(22,23)15-9-7-14(24-4)8-10-15/h5-11,17H,12-13H2,1-4H3,(H,20,21). The molecule has 1 N–H and O–H groups in total. The fourth-order valence-electron chi connectivity index (χ4n) is 2.52. The van der Waals surface area contributed by atoms with Gasteiger partial charge in [-0.1, -0.05) is 26.8 Å². The van der Waals surface area contributed by atoms with Crippen molar-refractivity contribution in [2.45, 2.75) is 37.3 Å². The molecule has 2 rings (SSSR count). The highest BCUT2D eigenvalue weighted by Gasteiger charge is 2.31. The SMILES string of the molecule is COc1ccc(S(=O)(=O)C(CNC(=O)CC(C)(C)C)c2cccs2)cc1. The lowest BCUT2D eigenvalue weighted by Gasteiger charge is -2.20. The van der Waals surface area contributed by atoms with Crippen molar-refractivity contribution in [1.29, 1.82) is 0 Å². The molecule has 1 atom stereocenters. The molecule has 1 aromatic heterocycles. The monoisotopic (exact) mass is 395 g/mol. The van der Waals surface area contributed by atoms with Gasteiger partial charge in [0.1, 0.15) is 11.0 Å².